The minimum absolute atomic E-state index is 0.0404. The van der Waals surface area contributed by atoms with Gasteiger partial charge < -0.3 is 37.4 Å². The predicted octanol–water partition coefficient (Wildman–Crippen LogP) is -0.598. The van der Waals surface area contributed by atoms with E-state index in [1.807, 2.05) is 0 Å². The van der Waals surface area contributed by atoms with Crippen LogP contribution in [-0.2, 0) is 48.9 Å². The molecule has 4 amide bonds. The van der Waals surface area contributed by atoms with Crippen LogP contribution < -0.4 is 19.5 Å². The lowest BCUT2D eigenvalue weighted by Gasteiger charge is -2.29. The molecule has 0 radical (unpaired) electrons. The van der Waals surface area contributed by atoms with E-state index < -0.39 is 114 Å². The monoisotopic (exact) mass is 916 g/mol. The quantitative estimate of drug-likeness (QED) is 0.181. The van der Waals surface area contributed by atoms with Crippen molar-refractivity contribution in [3.05, 3.63) is 43.7 Å². The summed E-state index contributed by atoms with van der Waals surface area (Å²) < 4.78 is 68.0. The van der Waals surface area contributed by atoms with Gasteiger partial charge in [-0.3, -0.25) is 37.9 Å². The van der Waals surface area contributed by atoms with Gasteiger partial charge in [0.15, 0.2) is 11.4 Å². The van der Waals surface area contributed by atoms with E-state index in [0.29, 0.717) is 38.5 Å². The number of ether oxygens (including phenoxy) is 2. The van der Waals surface area contributed by atoms with Gasteiger partial charge in [0, 0.05) is 54.4 Å². The summed E-state index contributed by atoms with van der Waals surface area (Å²) in [5.74, 6) is -6.79. The molecule has 62 heavy (non-hydrogen) atoms. The van der Waals surface area contributed by atoms with Gasteiger partial charge in [-0.15, -0.1) is 0 Å². The van der Waals surface area contributed by atoms with Crippen molar-refractivity contribution in [3.63, 3.8) is 0 Å². The topological polar surface area (TPSA) is 290 Å². The number of rotatable bonds is 8. The molecule has 2 aromatic rings. The predicted molar refractivity (Wildman–Crippen MR) is 216 cm³/mol. The lowest BCUT2D eigenvalue weighted by Crippen LogP contribution is -2.44. The van der Waals surface area contributed by atoms with Crippen molar-refractivity contribution in [3.8, 4) is 11.5 Å². The number of esters is 2. The first-order valence-electron chi connectivity index (χ1n) is 18.8. The average Bonchev–Trinajstić information content (AvgIpc) is 3.46. The van der Waals surface area contributed by atoms with Crippen molar-refractivity contribution in [1.29, 1.82) is 0 Å². The number of likely N-dealkylation sites (N-methyl/N-ethyl adjacent to an activating group) is 4. The van der Waals surface area contributed by atoms with Crippen LogP contribution in [0, 0.1) is 0 Å². The molecule has 0 aromatic carbocycles. The van der Waals surface area contributed by atoms with Gasteiger partial charge in [0.25, 0.3) is 11.1 Å². The van der Waals surface area contributed by atoms with Gasteiger partial charge in [-0.2, -0.15) is 16.8 Å². The molecule has 0 saturated heterocycles. The van der Waals surface area contributed by atoms with Crippen molar-refractivity contribution < 1.29 is 63.4 Å². The Morgan fingerprint density at radius 3 is 1.13 bits per heavy atom. The highest BCUT2D eigenvalue weighted by Gasteiger charge is 2.39. The molecule has 2 aliphatic heterocycles. The van der Waals surface area contributed by atoms with Crippen LogP contribution in [0.25, 0.3) is 0 Å². The van der Waals surface area contributed by atoms with Crippen LogP contribution in [-0.4, -0.2) is 160 Å². The number of hydrogen-bond acceptors (Lipinski definition) is 18. The van der Waals surface area contributed by atoms with E-state index >= 15 is 0 Å². The fourth-order valence-electron chi connectivity index (χ4n) is 6.74. The van der Waals surface area contributed by atoms with Crippen molar-refractivity contribution in [2.24, 2.45) is 0 Å². The molecule has 344 valence electrons. The Kier molecular flexibility index (Phi) is 16.1. The highest BCUT2D eigenvalue weighted by Crippen LogP contribution is 2.35. The molecule has 0 aliphatic carbocycles. The van der Waals surface area contributed by atoms with E-state index in [1.165, 1.54) is 51.4 Å². The third-order valence-corrected chi connectivity index (χ3v) is 10.8. The molecule has 0 N–H and O–H groups in total. The van der Waals surface area contributed by atoms with Crippen molar-refractivity contribution in [1.82, 2.24) is 38.7 Å². The Bertz CT molecular complexity index is 2300. The number of amides is 4. The number of nitrogens with zero attached hydrogens (tertiary/aromatic N) is 8. The zero-order chi connectivity index (χ0) is 47.3. The SMILES string of the molecule is COC(=O)c1nc2n(c(=O)c1OS(C)(=O)=O)[C@@H](C)CCC[C@@H]2N(C)C(=O)C(=O)N(C)C.COC(=O)c1nc2n(c(=O)c1OS(C)(=O)=O)[C@@H](C)CCC[C@H]2N(C)C(=O)C(=O)N(C)C. The maximum Gasteiger partial charge on any atom is 0.360 e. The zero-order valence-corrected chi connectivity index (χ0v) is 38.1. The summed E-state index contributed by atoms with van der Waals surface area (Å²) in [5.41, 5.74) is -3.03. The summed E-state index contributed by atoms with van der Waals surface area (Å²) in [5, 5.41) is 0. The molecule has 4 atom stereocenters. The van der Waals surface area contributed by atoms with Gasteiger partial charge in [-0.25, -0.2) is 19.6 Å². The molecule has 2 aliphatic rings. The number of carbonyl (C=O) groups excluding carboxylic acids is 6. The maximum absolute atomic E-state index is 13.2. The van der Waals surface area contributed by atoms with E-state index in [9.17, 15) is 55.2 Å². The summed E-state index contributed by atoms with van der Waals surface area (Å²) in [6.07, 6.45) is 4.40. The van der Waals surface area contributed by atoms with E-state index in [0.717, 1.165) is 46.3 Å². The van der Waals surface area contributed by atoms with Gasteiger partial charge in [-0.1, -0.05) is 0 Å². The zero-order valence-electron chi connectivity index (χ0n) is 36.5. The van der Waals surface area contributed by atoms with Crippen LogP contribution >= 0.6 is 0 Å². The third kappa shape index (κ3) is 11.3. The fourth-order valence-corrected chi connectivity index (χ4v) is 7.65. The molecule has 26 heteroatoms. The highest BCUT2D eigenvalue weighted by molar-refractivity contribution is 7.86. The lowest BCUT2D eigenvalue weighted by molar-refractivity contribution is -0.151. The van der Waals surface area contributed by atoms with Gasteiger partial charge in [0.1, 0.15) is 11.6 Å². The first kappa shape index (κ1) is 50.4. The first-order chi connectivity index (χ1) is 28.6. The summed E-state index contributed by atoms with van der Waals surface area (Å²) in [4.78, 5) is 114. The second-order valence-electron chi connectivity index (χ2n) is 15.0. The van der Waals surface area contributed by atoms with Crippen LogP contribution in [0.1, 0.15) is 109 Å². The van der Waals surface area contributed by atoms with Gasteiger partial charge in [-0.05, 0) is 52.4 Å². The molecule has 0 fully saturated rings. The molecule has 0 saturated carbocycles. The number of aromatic nitrogens is 4. The van der Waals surface area contributed by atoms with Crippen LogP contribution in [0.3, 0.4) is 0 Å². The van der Waals surface area contributed by atoms with Crippen LogP contribution in [0.15, 0.2) is 9.59 Å². The van der Waals surface area contributed by atoms with Gasteiger partial charge in [0.05, 0.1) is 38.8 Å². The molecule has 4 rings (SSSR count). The number of carbonyl (C=O) groups is 6. The molecule has 0 unspecified atom stereocenters. The highest BCUT2D eigenvalue weighted by atomic mass is 32.2. The Morgan fingerprint density at radius 1 is 0.565 bits per heavy atom. The molecule has 2 aromatic heterocycles. The first-order valence-corrected chi connectivity index (χ1v) is 22.5. The van der Waals surface area contributed by atoms with Crippen molar-refractivity contribution in [2.75, 3.05) is 69.0 Å². The van der Waals surface area contributed by atoms with Crippen LogP contribution in [0.5, 0.6) is 11.5 Å². The Balaban J connectivity index is 0.000000330. The smallest absolute Gasteiger partial charge is 0.360 e. The van der Waals surface area contributed by atoms with Crippen molar-refractivity contribution in [2.45, 2.75) is 76.5 Å². The summed E-state index contributed by atoms with van der Waals surface area (Å²) >= 11 is 0. The second-order valence-corrected chi connectivity index (χ2v) is 18.2. The molecule has 24 nitrogen and oxygen atoms in total. The van der Waals surface area contributed by atoms with Crippen LogP contribution in [0.2, 0.25) is 0 Å². The molecule has 0 bridgehead atoms. The number of methoxy groups -OCH3 is 2. The average molecular weight is 917 g/mol. The molecule has 0 spiro atoms. The minimum Gasteiger partial charge on any atom is -0.464 e. The van der Waals surface area contributed by atoms with Gasteiger partial charge in [0.2, 0.25) is 11.5 Å². The second kappa shape index (κ2) is 19.9. The van der Waals surface area contributed by atoms with E-state index in [4.69, 9.17) is 8.37 Å². The van der Waals surface area contributed by atoms with Crippen molar-refractivity contribution >= 4 is 55.8 Å². The lowest BCUT2D eigenvalue weighted by atomic mass is 10.1. The molecular weight excluding hydrogens is 865 g/mol. The van der Waals surface area contributed by atoms with Crippen LogP contribution in [0.4, 0.5) is 0 Å². The number of hydrogen-bond donors (Lipinski definition) is 0. The molecular formula is C36H52N8O16S2. The third-order valence-electron chi connectivity index (χ3n) is 9.86. The largest absolute Gasteiger partial charge is 0.464 e. The normalized spacial score (nSPS) is 18.4. The van der Waals surface area contributed by atoms with E-state index in [1.54, 1.807) is 13.8 Å². The Morgan fingerprint density at radius 2 is 0.871 bits per heavy atom. The molecule has 4 heterocycles. The minimum atomic E-state index is -4.16. The summed E-state index contributed by atoms with van der Waals surface area (Å²) in [6, 6.07) is -2.49. The van der Waals surface area contributed by atoms with E-state index in [-0.39, 0.29) is 11.6 Å². The Labute approximate surface area is 357 Å². The standard InChI is InChI=1S/2C18H26N4O8S/c2*1-10-8-7-9-11(21(4)17(25)16(24)20(2)3)14-19-12(18(26)29-5)13(15(23)22(10)14)30-31(6,27)28/h2*10-11H,7-9H2,1-6H3/t10-,11+;10-,11-/m00/s1. The number of fused-ring (bicyclic) bond motifs is 2. The van der Waals surface area contributed by atoms with E-state index in [2.05, 4.69) is 19.4 Å². The summed E-state index contributed by atoms with van der Waals surface area (Å²) in [6.45, 7) is 3.45. The fraction of sp³-hybridized carbons (Fsp3) is 0.611. The Hall–Kier alpha value is -5.92. The summed E-state index contributed by atoms with van der Waals surface area (Å²) in [7, 11) is 2.32. The van der Waals surface area contributed by atoms with Gasteiger partial charge >= 0.3 is 55.8 Å². The maximum atomic E-state index is 13.2.